The van der Waals surface area contributed by atoms with Crippen molar-refractivity contribution in [3.8, 4) is 0 Å². The van der Waals surface area contributed by atoms with Gasteiger partial charge in [-0.3, -0.25) is 20.8 Å². The molecule has 2 heterocycles. The first-order valence-electron chi connectivity index (χ1n) is 3.68. The number of nitrogens with zero attached hydrogens (tertiary/aromatic N) is 2. The highest BCUT2D eigenvalue weighted by Crippen LogP contribution is 2.11. The third kappa shape index (κ3) is 1.36. The lowest BCUT2D eigenvalue weighted by Crippen LogP contribution is -2.21. The third-order valence-electron chi connectivity index (χ3n) is 1.82. The van der Waals surface area contributed by atoms with Crippen molar-refractivity contribution in [2.45, 2.75) is 5.92 Å². The molecule has 2 rings (SSSR count). The van der Waals surface area contributed by atoms with Crippen molar-refractivity contribution in [1.82, 2.24) is 20.8 Å². The summed E-state index contributed by atoms with van der Waals surface area (Å²) in [4.78, 5) is 8.23. The van der Waals surface area contributed by atoms with Crippen molar-refractivity contribution in [3.05, 3.63) is 24.3 Å². The number of hydrogen-bond donors (Lipinski definition) is 2. The molecule has 11 heavy (non-hydrogen) atoms. The van der Waals surface area contributed by atoms with Crippen LogP contribution in [0.25, 0.3) is 0 Å². The molecular formula is C7H10N4. The lowest BCUT2D eigenvalue weighted by molar-refractivity contribution is 0.689. The molecule has 0 aliphatic carbocycles. The third-order valence-corrected chi connectivity index (χ3v) is 1.82. The molecule has 1 aromatic heterocycles. The normalized spacial score (nSPS) is 18.9. The largest absolute Gasteiger partial charge is 0.261 e. The minimum Gasteiger partial charge on any atom is -0.261 e. The van der Waals surface area contributed by atoms with Gasteiger partial charge in [-0.05, 0) is 0 Å². The molecule has 1 fully saturated rings. The molecule has 4 heteroatoms. The number of hydrazine groups is 1. The van der Waals surface area contributed by atoms with Crippen molar-refractivity contribution >= 4 is 0 Å². The Morgan fingerprint density at radius 3 is 2.73 bits per heavy atom. The molecule has 4 nitrogen and oxygen atoms in total. The lowest BCUT2D eigenvalue weighted by atomic mass is 10.1. The maximum Gasteiger partial charge on any atom is 0.0644 e. The molecule has 0 aromatic carbocycles. The summed E-state index contributed by atoms with van der Waals surface area (Å²) in [6.07, 6.45) is 5.24. The van der Waals surface area contributed by atoms with Crippen molar-refractivity contribution in [2.24, 2.45) is 0 Å². The van der Waals surface area contributed by atoms with E-state index in [0.717, 1.165) is 18.8 Å². The highest BCUT2D eigenvalue weighted by molar-refractivity contribution is 5.06. The van der Waals surface area contributed by atoms with E-state index in [4.69, 9.17) is 0 Å². The quantitative estimate of drug-likeness (QED) is 0.575. The van der Waals surface area contributed by atoms with Crippen LogP contribution in [-0.2, 0) is 0 Å². The van der Waals surface area contributed by atoms with Gasteiger partial charge < -0.3 is 0 Å². The topological polar surface area (TPSA) is 49.8 Å². The van der Waals surface area contributed by atoms with Gasteiger partial charge >= 0.3 is 0 Å². The Kier molecular flexibility index (Phi) is 1.79. The van der Waals surface area contributed by atoms with Gasteiger partial charge in [-0.15, -0.1) is 0 Å². The van der Waals surface area contributed by atoms with Crippen LogP contribution in [0.15, 0.2) is 18.6 Å². The Hall–Kier alpha value is -1.00. The summed E-state index contributed by atoms with van der Waals surface area (Å²) < 4.78 is 0. The van der Waals surface area contributed by atoms with E-state index >= 15 is 0 Å². The number of hydrogen-bond acceptors (Lipinski definition) is 4. The molecule has 0 radical (unpaired) electrons. The zero-order valence-corrected chi connectivity index (χ0v) is 6.12. The molecule has 0 unspecified atom stereocenters. The fourth-order valence-corrected chi connectivity index (χ4v) is 1.19. The Balaban J connectivity index is 2.16. The summed E-state index contributed by atoms with van der Waals surface area (Å²) in [5.41, 5.74) is 7.17. The fourth-order valence-electron chi connectivity index (χ4n) is 1.19. The molecule has 58 valence electrons. The van der Waals surface area contributed by atoms with Crippen molar-refractivity contribution in [2.75, 3.05) is 13.1 Å². The zero-order chi connectivity index (χ0) is 7.52. The Bertz CT molecular complexity index is 217. The van der Waals surface area contributed by atoms with Gasteiger partial charge in [-0.25, -0.2) is 0 Å². The molecule has 0 spiro atoms. The van der Waals surface area contributed by atoms with E-state index in [1.165, 1.54) is 0 Å². The maximum absolute atomic E-state index is 4.22. The molecular weight excluding hydrogens is 140 g/mol. The van der Waals surface area contributed by atoms with E-state index in [9.17, 15) is 0 Å². The second-order valence-electron chi connectivity index (χ2n) is 2.59. The minimum atomic E-state index is 0.476. The number of aromatic nitrogens is 2. The van der Waals surface area contributed by atoms with Crippen molar-refractivity contribution < 1.29 is 0 Å². The van der Waals surface area contributed by atoms with Crippen LogP contribution in [0.1, 0.15) is 11.6 Å². The summed E-state index contributed by atoms with van der Waals surface area (Å²) in [6.45, 7) is 1.89. The molecule has 0 atom stereocenters. The number of rotatable bonds is 1. The van der Waals surface area contributed by atoms with E-state index in [1.54, 1.807) is 12.4 Å². The van der Waals surface area contributed by atoms with Gasteiger partial charge in [-0.2, -0.15) is 0 Å². The van der Waals surface area contributed by atoms with E-state index in [2.05, 4.69) is 20.8 Å². The Morgan fingerprint density at radius 1 is 1.27 bits per heavy atom. The number of nitrogens with one attached hydrogen (secondary N) is 2. The van der Waals surface area contributed by atoms with Gasteiger partial charge in [0.15, 0.2) is 0 Å². The summed E-state index contributed by atoms with van der Waals surface area (Å²) >= 11 is 0. The summed E-state index contributed by atoms with van der Waals surface area (Å²) in [6, 6.07) is 0. The Labute approximate surface area is 65.0 Å². The molecule has 1 aliphatic heterocycles. The van der Waals surface area contributed by atoms with Crippen LogP contribution in [0.2, 0.25) is 0 Å². The van der Waals surface area contributed by atoms with Crippen LogP contribution in [0, 0.1) is 0 Å². The SMILES string of the molecule is c1cnc(C2CNNC2)cn1. The van der Waals surface area contributed by atoms with E-state index < -0.39 is 0 Å². The molecule has 0 bridgehead atoms. The van der Waals surface area contributed by atoms with Gasteiger partial charge in [0.2, 0.25) is 0 Å². The van der Waals surface area contributed by atoms with Crippen LogP contribution in [-0.4, -0.2) is 23.1 Å². The molecule has 0 saturated carbocycles. The van der Waals surface area contributed by atoms with Gasteiger partial charge in [0, 0.05) is 37.6 Å². The average Bonchev–Trinajstić information content (AvgIpc) is 2.58. The predicted octanol–water partition coefficient (Wildman–Crippen LogP) is -0.332. The van der Waals surface area contributed by atoms with Gasteiger partial charge in [0.05, 0.1) is 5.69 Å². The van der Waals surface area contributed by atoms with Crippen molar-refractivity contribution in [1.29, 1.82) is 0 Å². The smallest absolute Gasteiger partial charge is 0.0644 e. The predicted molar refractivity (Wildman–Crippen MR) is 40.8 cm³/mol. The highest BCUT2D eigenvalue weighted by Gasteiger charge is 2.16. The van der Waals surface area contributed by atoms with E-state index in [1.807, 2.05) is 6.20 Å². The Morgan fingerprint density at radius 2 is 2.09 bits per heavy atom. The maximum atomic E-state index is 4.22. The minimum absolute atomic E-state index is 0.476. The van der Waals surface area contributed by atoms with Crippen molar-refractivity contribution in [3.63, 3.8) is 0 Å². The molecule has 1 saturated heterocycles. The highest BCUT2D eigenvalue weighted by atomic mass is 15.4. The van der Waals surface area contributed by atoms with Crippen LogP contribution < -0.4 is 10.9 Å². The molecule has 1 aromatic rings. The summed E-state index contributed by atoms with van der Waals surface area (Å²) in [5, 5.41) is 0. The first kappa shape index (κ1) is 6.69. The summed E-state index contributed by atoms with van der Waals surface area (Å²) in [5.74, 6) is 0.476. The lowest BCUT2D eigenvalue weighted by Gasteiger charge is -2.03. The average molecular weight is 150 g/mol. The van der Waals surface area contributed by atoms with Gasteiger partial charge in [-0.1, -0.05) is 0 Å². The van der Waals surface area contributed by atoms with Gasteiger partial charge in [0.1, 0.15) is 0 Å². The standard InChI is InChI=1S/C7H10N4/c1-2-9-7(5-8-1)6-3-10-11-4-6/h1-2,5-6,10-11H,3-4H2. The zero-order valence-electron chi connectivity index (χ0n) is 6.12. The molecule has 2 N–H and O–H groups in total. The van der Waals surface area contributed by atoms with E-state index in [-0.39, 0.29) is 0 Å². The second-order valence-corrected chi connectivity index (χ2v) is 2.59. The first-order chi connectivity index (χ1) is 5.47. The second kappa shape index (κ2) is 2.94. The van der Waals surface area contributed by atoms with Crippen LogP contribution in [0.5, 0.6) is 0 Å². The van der Waals surface area contributed by atoms with Crippen LogP contribution in [0.4, 0.5) is 0 Å². The molecule has 1 aliphatic rings. The first-order valence-corrected chi connectivity index (χ1v) is 3.68. The van der Waals surface area contributed by atoms with Crippen LogP contribution in [0.3, 0.4) is 0 Å². The van der Waals surface area contributed by atoms with E-state index in [0.29, 0.717) is 5.92 Å². The van der Waals surface area contributed by atoms with Crippen LogP contribution >= 0.6 is 0 Å². The fraction of sp³-hybridized carbons (Fsp3) is 0.429. The van der Waals surface area contributed by atoms with Gasteiger partial charge in [0.25, 0.3) is 0 Å². The summed E-state index contributed by atoms with van der Waals surface area (Å²) in [7, 11) is 0. The molecule has 0 amide bonds. The monoisotopic (exact) mass is 150 g/mol.